The Morgan fingerprint density at radius 1 is 1.37 bits per heavy atom. The molecule has 1 aliphatic carbocycles. The van der Waals surface area contributed by atoms with E-state index in [1.807, 2.05) is 0 Å². The highest BCUT2D eigenvalue weighted by Crippen LogP contribution is 2.47. The second-order valence-corrected chi connectivity index (χ2v) is 8.04. The van der Waals surface area contributed by atoms with Gasteiger partial charge in [-0.2, -0.15) is 18.3 Å². The largest absolute Gasteiger partial charge is 0.465 e. The van der Waals surface area contributed by atoms with Gasteiger partial charge in [0.25, 0.3) is 5.91 Å². The number of rotatable bonds is 6. The lowest BCUT2D eigenvalue weighted by Crippen LogP contribution is -2.22. The highest BCUT2D eigenvalue weighted by molar-refractivity contribution is 7.18. The highest BCUT2D eigenvalue weighted by atomic mass is 35.5. The van der Waals surface area contributed by atoms with Crippen LogP contribution in [0.15, 0.2) is 0 Å². The number of ether oxygens (including phenoxy) is 1. The number of nitrogens with zero attached hydrogens (tertiary/aromatic N) is 2. The van der Waals surface area contributed by atoms with Crippen molar-refractivity contribution in [3.63, 3.8) is 0 Å². The Kier molecular flexibility index (Phi) is 5.83. The van der Waals surface area contributed by atoms with Crippen molar-refractivity contribution in [3.05, 3.63) is 32.4 Å². The number of thiophene rings is 1. The Balaban J connectivity index is 1.91. The first kappa shape index (κ1) is 22.1. The van der Waals surface area contributed by atoms with E-state index in [0.717, 1.165) is 23.1 Å². The number of hydrogen-bond donors (Lipinski definition) is 2. The number of halogens is 4. The summed E-state index contributed by atoms with van der Waals surface area (Å²) >= 11 is 6.66. The zero-order chi connectivity index (χ0) is 22.4. The maximum absolute atomic E-state index is 13.2. The van der Waals surface area contributed by atoms with E-state index in [1.54, 1.807) is 0 Å². The fraction of sp³-hybridized carbons (Fsp3) is 0.412. The van der Waals surface area contributed by atoms with E-state index in [4.69, 9.17) is 17.3 Å². The normalized spacial score (nSPS) is 13.9. The molecule has 1 fully saturated rings. The SMILES string of the molecule is COC(=O)c1c(NC(=O)Cn2nc(C(F)(F)F)c(Cl)c2C2CC2)sc(C(N)=O)c1C. The number of anilines is 1. The first-order valence-electron chi connectivity index (χ1n) is 8.60. The average molecular weight is 465 g/mol. The minimum atomic E-state index is -4.76. The van der Waals surface area contributed by atoms with Gasteiger partial charge in [0, 0.05) is 5.92 Å². The quantitative estimate of drug-likeness (QED) is 0.636. The van der Waals surface area contributed by atoms with Crippen molar-refractivity contribution in [2.75, 3.05) is 12.4 Å². The van der Waals surface area contributed by atoms with Gasteiger partial charge in [-0.25, -0.2) is 4.79 Å². The molecule has 0 bridgehead atoms. The van der Waals surface area contributed by atoms with Crippen LogP contribution in [0.5, 0.6) is 0 Å². The standard InChI is InChI=1S/C17H16ClF3N4O4S/c1-6-9(16(28)29-2)15(30-12(6)14(22)27)23-8(26)5-25-11(7-3-4-7)10(18)13(24-25)17(19,20)21/h7H,3-5H2,1-2H3,(H2,22,27)(H,23,26). The van der Waals surface area contributed by atoms with Gasteiger partial charge in [-0.1, -0.05) is 11.6 Å². The first-order valence-corrected chi connectivity index (χ1v) is 9.79. The summed E-state index contributed by atoms with van der Waals surface area (Å²) in [5, 5.41) is 5.40. The van der Waals surface area contributed by atoms with Crippen LogP contribution in [0.1, 0.15) is 55.7 Å². The predicted molar refractivity (Wildman–Crippen MR) is 102 cm³/mol. The average Bonchev–Trinajstić information content (AvgIpc) is 3.34. The molecule has 0 spiro atoms. The second-order valence-electron chi connectivity index (χ2n) is 6.64. The van der Waals surface area contributed by atoms with Gasteiger partial charge < -0.3 is 15.8 Å². The van der Waals surface area contributed by atoms with Crippen molar-refractivity contribution in [2.45, 2.75) is 38.4 Å². The summed E-state index contributed by atoms with van der Waals surface area (Å²) in [5.74, 6) is -2.56. The van der Waals surface area contributed by atoms with Crippen molar-refractivity contribution in [3.8, 4) is 0 Å². The third-order valence-electron chi connectivity index (χ3n) is 4.47. The van der Waals surface area contributed by atoms with Gasteiger partial charge >= 0.3 is 12.1 Å². The minimum absolute atomic E-state index is 0.000389. The number of carbonyl (C=O) groups is 3. The smallest absolute Gasteiger partial charge is 0.436 e. The zero-order valence-corrected chi connectivity index (χ0v) is 17.3. The van der Waals surface area contributed by atoms with Crippen molar-refractivity contribution < 1.29 is 32.3 Å². The fourth-order valence-electron chi connectivity index (χ4n) is 2.99. The van der Waals surface area contributed by atoms with Crippen LogP contribution in [0, 0.1) is 6.92 Å². The molecule has 1 saturated carbocycles. The monoisotopic (exact) mass is 464 g/mol. The lowest BCUT2D eigenvalue weighted by atomic mass is 10.1. The van der Waals surface area contributed by atoms with Crippen LogP contribution in [0.4, 0.5) is 18.2 Å². The van der Waals surface area contributed by atoms with Crippen LogP contribution in [0.25, 0.3) is 0 Å². The predicted octanol–water partition coefficient (Wildman–Crippen LogP) is 3.33. The van der Waals surface area contributed by atoms with Gasteiger partial charge in [0.2, 0.25) is 5.91 Å². The number of carbonyl (C=O) groups excluding carboxylic acids is 3. The van der Waals surface area contributed by atoms with Gasteiger partial charge in [0.05, 0.1) is 28.3 Å². The third-order valence-corrected chi connectivity index (χ3v) is 6.06. The highest BCUT2D eigenvalue weighted by Gasteiger charge is 2.42. The molecule has 8 nitrogen and oxygen atoms in total. The van der Waals surface area contributed by atoms with Crippen LogP contribution >= 0.6 is 22.9 Å². The fourth-order valence-corrected chi connectivity index (χ4v) is 4.45. The molecule has 2 aromatic rings. The molecule has 162 valence electrons. The number of nitrogens with one attached hydrogen (secondary N) is 1. The van der Waals surface area contributed by atoms with Crippen LogP contribution in [0.3, 0.4) is 0 Å². The molecule has 0 aliphatic heterocycles. The summed E-state index contributed by atoms with van der Waals surface area (Å²) < 4.78 is 45.1. The van der Waals surface area contributed by atoms with Crippen LogP contribution in [-0.4, -0.2) is 34.7 Å². The summed E-state index contributed by atoms with van der Waals surface area (Å²) in [6.07, 6.45) is -3.48. The summed E-state index contributed by atoms with van der Waals surface area (Å²) in [5.41, 5.74) is 4.35. The minimum Gasteiger partial charge on any atom is -0.465 e. The van der Waals surface area contributed by atoms with E-state index < -0.39 is 41.2 Å². The van der Waals surface area contributed by atoms with E-state index in [1.165, 1.54) is 6.92 Å². The molecule has 13 heteroatoms. The first-order chi connectivity index (χ1) is 14.0. The van der Waals surface area contributed by atoms with E-state index in [9.17, 15) is 27.6 Å². The van der Waals surface area contributed by atoms with E-state index in [2.05, 4.69) is 15.2 Å². The molecule has 2 amide bonds. The number of amides is 2. The van der Waals surface area contributed by atoms with Crippen LogP contribution in [-0.2, 0) is 22.3 Å². The molecule has 0 aromatic carbocycles. The number of hydrogen-bond acceptors (Lipinski definition) is 6. The Bertz CT molecular complexity index is 1040. The molecule has 2 aromatic heterocycles. The molecule has 0 radical (unpaired) electrons. The molecule has 30 heavy (non-hydrogen) atoms. The number of primary amides is 1. The van der Waals surface area contributed by atoms with Crippen molar-refractivity contribution in [2.24, 2.45) is 5.73 Å². The Labute approximate surface area is 177 Å². The summed E-state index contributed by atoms with van der Waals surface area (Å²) in [6, 6.07) is 0. The maximum Gasteiger partial charge on any atom is 0.436 e. The topological polar surface area (TPSA) is 116 Å². The van der Waals surface area contributed by atoms with Crippen LogP contribution < -0.4 is 11.1 Å². The van der Waals surface area contributed by atoms with Crippen molar-refractivity contribution in [1.82, 2.24) is 9.78 Å². The van der Waals surface area contributed by atoms with E-state index in [0.29, 0.717) is 12.8 Å². The van der Waals surface area contributed by atoms with E-state index in [-0.39, 0.29) is 32.6 Å². The third kappa shape index (κ3) is 4.15. The zero-order valence-electron chi connectivity index (χ0n) is 15.7. The molecule has 1 aliphatic rings. The Morgan fingerprint density at radius 3 is 2.50 bits per heavy atom. The lowest BCUT2D eigenvalue weighted by Gasteiger charge is -2.08. The number of nitrogens with two attached hydrogens (primary N) is 1. The molecule has 0 atom stereocenters. The molecule has 2 heterocycles. The Hall–Kier alpha value is -2.60. The van der Waals surface area contributed by atoms with Crippen LogP contribution in [0.2, 0.25) is 5.02 Å². The van der Waals surface area contributed by atoms with E-state index >= 15 is 0 Å². The van der Waals surface area contributed by atoms with Crippen molar-refractivity contribution >= 4 is 45.7 Å². The molecule has 3 N–H and O–H groups in total. The summed E-state index contributed by atoms with van der Waals surface area (Å²) in [7, 11) is 1.13. The summed E-state index contributed by atoms with van der Waals surface area (Å²) in [4.78, 5) is 36.2. The van der Waals surface area contributed by atoms with Gasteiger partial charge in [0.1, 0.15) is 11.5 Å². The number of alkyl halides is 3. The summed E-state index contributed by atoms with van der Waals surface area (Å²) in [6.45, 7) is 0.900. The number of methoxy groups -OCH3 is 1. The number of aromatic nitrogens is 2. The lowest BCUT2D eigenvalue weighted by molar-refractivity contribution is -0.141. The van der Waals surface area contributed by atoms with Crippen molar-refractivity contribution in [1.29, 1.82) is 0 Å². The van der Waals surface area contributed by atoms with Gasteiger partial charge in [-0.15, -0.1) is 11.3 Å². The van der Waals surface area contributed by atoms with Gasteiger partial charge in [-0.3, -0.25) is 14.3 Å². The molecule has 3 rings (SSSR count). The second kappa shape index (κ2) is 7.91. The van der Waals surface area contributed by atoms with Gasteiger partial charge in [0.15, 0.2) is 5.69 Å². The molecule has 0 saturated heterocycles. The molecular formula is C17H16ClF3N4O4S. The Morgan fingerprint density at radius 2 is 2.00 bits per heavy atom. The maximum atomic E-state index is 13.2. The molecular weight excluding hydrogens is 449 g/mol. The number of esters is 1. The molecule has 0 unspecified atom stereocenters. The van der Waals surface area contributed by atoms with Gasteiger partial charge in [-0.05, 0) is 25.3 Å².